The maximum Gasteiger partial charge on any atom is 0.338 e. The number of nitrogens with two attached hydrogens (primary N) is 2. The molecule has 0 aromatic heterocycles. The van der Waals surface area contributed by atoms with E-state index in [2.05, 4.69) is 19.2 Å². The predicted molar refractivity (Wildman–Crippen MR) is 137 cm³/mol. The van der Waals surface area contributed by atoms with Crippen LogP contribution in [-0.4, -0.2) is 32.3 Å². The van der Waals surface area contributed by atoms with Crippen LogP contribution in [0.1, 0.15) is 75.6 Å². The van der Waals surface area contributed by atoms with E-state index in [4.69, 9.17) is 15.6 Å². The molecule has 5 rings (SSSR count). The first-order chi connectivity index (χ1) is 17.3. The SMILES string of the molecule is C[C@]12CCC(=O)C=C1CCC1C2CC[C@@]2(C)C1CC[C@@H]2OC(=O)c1cc(NC(N)=O)cc(S(N)(=O)=O)c1. The molecule has 2 amide bonds. The molecule has 0 spiro atoms. The monoisotopic (exact) mass is 529 g/mol. The maximum atomic E-state index is 13.2. The number of primary sulfonamides is 1. The molecule has 1 aromatic rings. The van der Waals surface area contributed by atoms with E-state index >= 15 is 0 Å². The normalized spacial score (nSPS) is 35.0. The number of anilines is 1. The molecule has 4 aliphatic rings. The van der Waals surface area contributed by atoms with Gasteiger partial charge < -0.3 is 15.8 Å². The number of carbonyl (C=O) groups excluding carboxylic acids is 3. The summed E-state index contributed by atoms with van der Waals surface area (Å²) in [4.78, 5) is 36.3. The van der Waals surface area contributed by atoms with Crippen LogP contribution >= 0.6 is 0 Å². The Kier molecular flexibility index (Phi) is 6.26. The third-order valence-corrected chi connectivity index (χ3v) is 10.8. The molecule has 3 fully saturated rings. The first-order valence-electron chi connectivity index (χ1n) is 13.0. The zero-order chi connectivity index (χ0) is 26.8. The zero-order valence-corrected chi connectivity index (χ0v) is 22.1. The van der Waals surface area contributed by atoms with Crippen LogP contribution in [-0.2, 0) is 19.6 Å². The number of ketones is 1. The molecule has 6 atom stereocenters. The van der Waals surface area contributed by atoms with Crippen LogP contribution in [0.5, 0.6) is 0 Å². The van der Waals surface area contributed by atoms with Gasteiger partial charge in [0, 0.05) is 17.5 Å². The van der Waals surface area contributed by atoms with Crippen molar-refractivity contribution in [3.8, 4) is 0 Å². The lowest BCUT2D eigenvalue weighted by Gasteiger charge is -2.57. The minimum Gasteiger partial charge on any atom is -0.458 e. The second-order valence-electron chi connectivity index (χ2n) is 11.8. The van der Waals surface area contributed by atoms with Gasteiger partial charge in [0.25, 0.3) is 0 Å². The van der Waals surface area contributed by atoms with Gasteiger partial charge in [0.1, 0.15) is 6.10 Å². The fraction of sp³-hybridized carbons (Fsp3) is 0.593. The number of hydrogen-bond acceptors (Lipinski definition) is 6. The van der Waals surface area contributed by atoms with E-state index in [0.29, 0.717) is 24.2 Å². The molecule has 0 aliphatic heterocycles. The molecule has 200 valence electrons. The third-order valence-electron chi connectivity index (χ3n) is 9.86. The van der Waals surface area contributed by atoms with Gasteiger partial charge in [0.15, 0.2) is 5.78 Å². The number of ether oxygens (including phenoxy) is 1. The van der Waals surface area contributed by atoms with Gasteiger partial charge in [-0.25, -0.2) is 23.1 Å². The third kappa shape index (κ3) is 4.48. The molecule has 0 saturated heterocycles. The number of fused-ring (bicyclic) bond motifs is 5. The first-order valence-corrected chi connectivity index (χ1v) is 14.5. The van der Waals surface area contributed by atoms with Gasteiger partial charge >= 0.3 is 12.0 Å². The Morgan fingerprint density at radius 1 is 1.03 bits per heavy atom. The summed E-state index contributed by atoms with van der Waals surface area (Å²) in [6, 6.07) is 2.76. The largest absolute Gasteiger partial charge is 0.458 e. The number of urea groups is 1. The Balaban J connectivity index is 1.37. The van der Waals surface area contributed by atoms with E-state index < -0.39 is 22.0 Å². The lowest BCUT2D eigenvalue weighted by atomic mass is 9.47. The minimum absolute atomic E-state index is 0.0113. The van der Waals surface area contributed by atoms with Crippen LogP contribution in [0.3, 0.4) is 0 Å². The number of nitrogens with one attached hydrogen (secondary N) is 1. The molecule has 0 bridgehead atoms. The molecular weight excluding hydrogens is 494 g/mol. The van der Waals surface area contributed by atoms with Crippen LogP contribution < -0.4 is 16.2 Å². The van der Waals surface area contributed by atoms with Crippen molar-refractivity contribution in [3.05, 3.63) is 35.4 Å². The highest BCUT2D eigenvalue weighted by Crippen LogP contribution is 2.65. The average Bonchev–Trinajstić information content (AvgIpc) is 3.14. The molecule has 3 unspecified atom stereocenters. The maximum absolute atomic E-state index is 13.2. The average molecular weight is 530 g/mol. The fourth-order valence-electron chi connectivity index (χ4n) is 8.00. The molecule has 3 saturated carbocycles. The summed E-state index contributed by atoms with van der Waals surface area (Å²) in [5.41, 5.74) is 6.44. The minimum atomic E-state index is -4.13. The summed E-state index contributed by atoms with van der Waals surface area (Å²) in [6.45, 7) is 4.56. The number of carbonyl (C=O) groups is 3. The summed E-state index contributed by atoms with van der Waals surface area (Å²) < 4.78 is 30.0. The number of amides is 2. The molecule has 9 nitrogen and oxygen atoms in total. The molecule has 10 heteroatoms. The van der Waals surface area contributed by atoms with Crippen molar-refractivity contribution in [1.82, 2.24) is 0 Å². The van der Waals surface area contributed by atoms with Crippen LogP contribution in [0.25, 0.3) is 0 Å². The van der Waals surface area contributed by atoms with Crippen molar-refractivity contribution >= 4 is 33.5 Å². The lowest BCUT2D eigenvalue weighted by Crippen LogP contribution is -2.51. The van der Waals surface area contributed by atoms with Crippen LogP contribution in [0, 0.1) is 28.6 Å². The predicted octanol–water partition coefficient (Wildman–Crippen LogP) is 3.88. The summed E-state index contributed by atoms with van der Waals surface area (Å²) in [5, 5.41) is 7.58. The fourth-order valence-corrected chi connectivity index (χ4v) is 8.58. The van der Waals surface area contributed by atoms with Gasteiger partial charge in [-0.15, -0.1) is 0 Å². The van der Waals surface area contributed by atoms with Crippen LogP contribution in [0.2, 0.25) is 0 Å². The number of allylic oxidation sites excluding steroid dienone is 1. The lowest BCUT2D eigenvalue weighted by molar-refractivity contribution is -0.118. The summed E-state index contributed by atoms with van der Waals surface area (Å²) >= 11 is 0. The second kappa shape index (κ2) is 8.94. The summed E-state index contributed by atoms with van der Waals surface area (Å²) in [7, 11) is -4.13. The van der Waals surface area contributed by atoms with E-state index in [1.54, 1.807) is 0 Å². The summed E-state index contributed by atoms with van der Waals surface area (Å²) in [6.07, 6.45) is 8.83. The summed E-state index contributed by atoms with van der Waals surface area (Å²) in [5.74, 6) is 1.07. The standard InChI is InChI=1S/C27H35N3O6S/c1-26-9-7-18(31)13-16(26)3-4-20-21-5-6-23(27(21,2)10-8-22(20)26)36-24(32)15-11-17(30-25(28)33)14-19(12-15)37(29,34)35/h11-14,20-23H,3-10H2,1-2H3,(H3,28,30,33)(H2,29,34,35)/t20?,21?,22?,23-,26-,27-/m0/s1. The van der Waals surface area contributed by atoms with Gasteiger partial charge in [-0.1, -0.05) is 19.4 Å². The first kappa shape index (κ1) is 25.9. The Bertz CT molecular complexity index is 1310. The van der Waals surface area contributed by atoms with Crippen molar-refractivity contribution < 1.29 is 27.5 Å². The molecule has 37 heavy (non-hydrogen) atoms. The highest BCUT2D eigenvalue weighted by Gasteiger charge is 2.60. The molecule has 1 aromatic carbocycles. The number of rotatable bonds is 4. The van der Waals surface area contributed by atoms with Crippen LogP contribution in [0.15, 0.2) is 34.7 Å². The molecule has 5 N–H and O–H groups in total. The van der Waals surface area contributed by atoms with Crippen LogP contribution in [0.4, 0.5) is 10.5 Å². The number of sulfonamides is 1. The van der Waals surface area contributed by atoms with E-state index in [0.717, 1.165) is 57.1 Å². The van der Waals surface area contributed by atoms with Crippen molar-refractivity contribution in [1.29, 1.82) is 0 Å². The Labute approximate surface area is 217 Å². The van der Waals surface area contributed by atoms with E-state index in [-0.39, 0.29) is 38.9 Å². The molecule has 4 aliphatic carbocycles. The van der Waals surface area contributed by atoms with Gasteiger partial charge in [0.2, 0.25) is 10.0 Å². The zero-order valence-electron chi connectivity index (χ0n) is 21.3. The Morgan fingerprint density at radius 2 is 1.78 bits per heavy atom. The quantitative estimate of drug-likeness (QED) is 0.502. The second-order valence-corrected chi connectivity index (χ2v) is 13.3. The van der Waals surface area contributed by atoms with E-state index in [1.807, 2.05) is 6.08 Å². The van der Waals surface area contributed by atoms with Gasteiger partial charge in [0.05, 0.1) is 10.5 Å². The number of esters is 1. The van der Waals surface area contributed by atoms with Crippen molar-refractivity contribution in [2.24, 2.45) is 39.5 Å². The molecule has 0 heterocycles. The Morgan fingerprint density at radius 3 is 2.49 bits per heavy atom. The highest BCUT2D eigenvalue weighted by atomic mass is 32.2. The molecule has 0 radical (unpaired) electrons. The van der Waals surface area contributed by atoms with Gasteiger partial charge in [-0.2, -0.15) is 0 Å². The van der Waals surface area contributed by atoms with Crippen molar-refractivity contribution in [3.63, 3.8) is 0 Å². The molecular formula is C27H35N3O6S. The highest BCUT2D eigenvalue weighted by molar-refractivity contribution is 7.89. The Hall–Kier alpha value is -2.72. The van der Waals surface area contributed by atoms with Gasteiger partial charge in [-0.05, 0) is 92.4 Å². The van der Waals surface area contributed by atoms with Crippen molar-refractivity contribution in [2.45, 2.75) is 76.2 Å². The number of hydrogen-bond donors (Lipinski definition) is 3. The number of benzene rings is 1. The topological polar surface area (TPSA) is 159 Å². The van der Waals surface area contributed by atoms with Gasteiger partial charge in [-0.3, -0.25) is 4.79 Å². The van der Waals surface area contributed by atoms with Crippen molar-refractivity contribution in [2.75, 3.05) is 5.32 Å². The van der Waals surface area contributed by atoms with E-state index in [1.165, 1.54) is 11.6 Å². The van der Waals surface area contributed by atoms with E-state index in [9.17, 15) is 22.8 Å². The smallest absolute Gasteiger partial charge is 0.338 e. The number of primary amides is 1.